The Morgan fingerprint density at radius 1 is 1.50 bits per heavy atom. The third-order valence-electron chi connectivity index (χ3n) is 1.98. The molecule has 1 unspecified atom stereocenters. The summed E-state index contributed by atoms with van der Waals surface area (Å²) in [6, 6.07) is 0. The Morgan fingerprint density at radius 2 is 2.20 bits per heavy atom. The number of halogens is 1. The summed E-state index contributed by atoms with van der Waals surface area (Å²) < 4.78 is 1.40. The highest BCUT2D eigenvalue weighted by molar-refractivity contribution is 9.11. The van der Waals surface area contributed by atoms with Crippen molar-refractivity contribution >= 4 is 15.9 Å². The van der Waals surface area contributed by atoms with Crippen molar-refractivity contribution in [2.75, 3.05) is 0 Å². The van der Waals surface area contributed by atoms with Crippen LogP contribution in [0.5, 0.6) is 0 Å². The third-order valence-corrected chi connectivity index (χ3v) is 3.08. The van der Waals surface area contributed by atoms with E-state index in [4.69, 9.17) is 0 Å². The molecule has 10 heavy (non-hydrogen) atoms. The van der Waals surface area contributed by atoms with Gasteiger partial charge in [0.1, 0.15) is 0 Å². The zero-order chi connectivity index (χ0) is 7.56. The Balaban J connectivity index is 2.73. The Labute approximate surface area is 71.1 Å². The van der Waals surface area contributed by atoms with Crippen molar-refractivity contribution in [1.29, 1.82) is 0 Å². The number of hydrogen-bond donors (Lipinski definition) is 0. The zero-order valence-electron chi connectivity index (χ0n) is 6.52. The van der Waals surface area contributed by atoms with E-state index in [1.54, 1.807) is 0 Å². The predicted molar refractivity (Wildman–Crippen MR) is 49.2 cm³/mol. The molecule has 1 heteroatoms. The fourth-order valence-corrected chi connectivity index (χ4v) is 2.13. The van der Waals surface area contributed by atoms with Crippen molar-refractivity contribution < 1.29 is 0 Å². The second kappa shape index (κ2) is 3.38. The summed E-state index contributed by atoms with van der Waals surface area (Å²) in [5.41, 5.74) is 1.46. The first-order valence-electron chi connectivity index (χ1n) is 3.86. The quantitative estimate of drug-likeness (QED) is 0.639. The van der Waals surface area contributed by atoms with Crippen LogP contribution in [-0.2, 0) is 0 Å². The van der Waals surface area contributed by atoms with Crippen LogP contribution in [0.4, 0.5) is 0 Å². The van der Waals surface area contributed by atoms with Gasteiger partial charge in [-0.15, -0.1) is 0 Å². The van der Waals surface area contributed by atoms with Gasteiger partial charge in [0.2, 0.25) is 0 Å². The van der Waals surface area contributed by atoms with Gasteiger partial charge in [0.15, 0.2) is 0 Å². The van der Waals surface area contributed by atoms with Gasteiger partial charge >= 0.3 is 0 Å². The van der Waals surface area contributed by atoms with Gasteiger partial charge in [0, 0.05) is 10.4 Å². The molecule has 0 nitrogen and oxygen atoms in total. The minimum Gasteiger partial charge on any atom is -0.0762 e. The van der Waals surface area contributed by atoms with E-state index in [-0.39, 0.29) is 0 Å². The van der Waals surface area contributed by atoms with Crippen molar-refractivity contribution in [2.24, 2.45) is 5.92 Å². The van der Waals surface area contributed by atoms with Gasteiger partial charge in [-0.25, -0.2) is 0 Å². The maximum atomic E-state index is 3.61. The molecule has 1 atom stereocenters. The van der Waals surface area contributed by atoms with Gasteiger partial charge in [-0.05, 0) is 18.4 Å². The molecular formula is C9H13Br. The molecule has 0 bridgehead atoms. The van der Waals surface area contributed by atoms with E-state index in [2.05, 4.69) is 41.9 Å². The SMILES string of the molecule is CCC1=C(Br)C(CC)C=C1. The molecule has 0 aliphatic heterocycles. The zero-order valence-corrected chi connectivity index (χ0v) is 8.11. The maximum Gasteiger partial charge on any atom is 0.00875 e. The molecule has 1 rings (SSSR count). The number of hydrogen-bond acceptors (Lipinski definition) is 0. The largest absolute Gasteiger partial charge is 0.0762 e. The van der Waals surface area contributed by atoms with Crippen LogP contribution in [0.3, 0.4) is 0 Å². The van der Waals surface area contributed by atoms with E-state index in [0.29, 0.717) is 5.92 Å². The monoisotopic (exact) mass is 200 g/mol. The molecule has 0 radical (unpaired) electrons. The fourth-order valence-electron chi connectivity index (χ4n) is 1.24. The van der Waals surface area contributed by atoms with Crippen molar-refractivity contribution in [3.05, 3.63) is 22.2 Å². The molecule has 0 saturated carbocycles. The predicted octanol–water partition coefficient (Wildman–Crippen LogP) is 3.64. The van der Waals surface area contributed by atoms with Crippen LogP contribution in [0.1, 0.15) is 26.7 Å². The average molecular weight is 201 g/mol. The van der Waals surface area contributed by atoms with Crippen molar-refractivity contribution in [2.45, 2.75) is 26.7 Å². The Hall–Kier alpha value is -0.0400. The van der Waals surface area contributed by atoms with Crippen molar-refractivity contribution in [1.82, 2.24) is 0 Å². The number of rotatable bonds is 2. The van der Waals surface area contributed by atoms with E-state index in [0.717, 1.165) is 6.42 Å². The maximum absolute atomic E-state index is 3.61. The van der Waals surface area contributed by atoms with Crippen LogP contribution >= 0.6 is 15.9 Å². The lowest BCUT2D eigenvalue weighted by Crippen LogP contribution is -1.89. The molecule has 0 aromatic carbocycles. The number of allylic oxidation sites excluding steroid dienone is 4. The smallest absolute Gasteiger partial charge is 0.00875 e. The molecule has 0 spiro atoms. The van der Waals surface area contributed by atoms with E-state index < -0.39 is 0 Å². The second-order valence-corrected chi connectivity index (χ2v) is 3.45. The van der Waals surface area contributed by atoms with Crippen LogP contribution < -0.4 is 0 Å². The lowest BCUT2D eigenvalue weighted by molar-refractivity contribution is 0.772. The second-order valence-electron chi connectivity index (χ2n) is 2.60. The van der Waals surface area contributed by atoms with Crippen LogP contribution in [0.25, 0.3) is 0 Å². The summed E-state index contributed by atoms with van der Waals surface area (Å²) in [4.78, 5) is 0. The molecule has 0 aromatic heterocycles. The molecule has 56 valence electrons. The van der Waals surface area contributed by atoms with Crippen LogP contribution in [0.15, 0.2) is 22.2 Å². The summed E-state index contributed by atoms with van der Waals surface area (Å²) in [6.07, 6.45) is 6.87. The summed E-state index contributed by atoms with van der Waals surface area (Å²) in [7, 11) is 0. The Kier molecular flexibility index (Phi) is 2.72. The molecule has 1 aliphatic rings. The molecule has 0 saturated heterocycles. The minimum atomic E-state index is 0.662. The first-order chi connectivity index (χ1) is 4.79. The Bertz CT molecular complexity index is 177. The topological polar surface area (TPSA) is 0 Å². The molecular weight excluding hydrogens is 188 g/mol. The van der Waals surface area contributed by atoms with Crippen LogP contribution in [0.2, 0.25) is 0 Å². The van der Waals surface area contributed by atoms with Crippen molar-refractivity contribution in [3.8, 4) is 0 Å². The lowest BCUT2D eigenvalue weighted by atomic mass is 10.1. The summed E-state index contributed by atoms with van der Waals surface area (Å²) in [5, 5.41) is 0. The first-order valence-corrected chi connectivity index (χ1v) is 4.65. The standard InChI is InChI=1S/C9H13Br/c1-3-7-5-6-8(4-2)9(7)10/h5-7H,3-4H2,1-2H3. The molecule has 0 aromatic rings. The van der Waals surface area contributed by atoms with E-state index in [9.17, 15) is 0 Å². The Morgan fingerprint density at radius 3 is 2.50 bits per heavy atom. The van der Waals surface area contributed by atoms with E-state index in [1.807, 2.05) is 0 Å². The van der Waals surface area contributed by atoms with Gasteiger partial charge in [-0.1, -0.05) is 41.9 Å². The highest BCUT2D eigenvalue weighted by Gasteiger charge is 2.14. The summed E-state index contributed by atoms with van der Waals surface area (Å²) >= 11 is 3.61. The fraction of sp³-hybridized carbons (Fsp3) is 0.556. The lowest BCUT2D eigenvalue weighted by Gasteiger charge is -2.04. The third kappa shape index (κ3) is 1.34. The summed E-state index contributed by atoms with van der Waals surface area (Å²) in [6.45, 7) is 4.41. The molecule has 0 amide bonds. The molecule has 0 heterocycles. The van der Waals surface area contributed by atoms with Gasteiger partial charge in [-0.3, -0.25) is 0 Å². The van der Waals surface area contributed by atoms with E-state index in [1.165, 1.54) is 16.5 Å². The molecule has 1 aliphatic carbocycles. The van der Waals surface area contributed by atoms with Gasteiger partial charge < -0.3 is 0 Å². The highest BCUT2D eigenvalue weighted by Crippen LogP contribution is 2.33. The van der Waals surface area contributed by atoms with Crippen LogP contribution in [-0.4, -0.2) is 0 Å². The van der Waals surface area contributed by atoms with Crippen molar-refractivity contribution in [3.63, 3.8) is 0 Å². The van der Waals surface area contributed by atoms with Crippen LogP contribution in [0, 0.1) is 5.92 Å². The molecule has 0 fully saturated rings. The van der Waals surface area contributed by atoms with Gasteiger partial charge in [0.25, 0.3) is 0 Å². The van der Waals surface area contributed by atoms with E-state index >= 15 is 0 Å². The summed E-state index contributed by atoms with van der Waals surface area (Å²) in [5.74, 6) is 0.662. The van der Waals surface area contributed by atoms with Gasteiger partial charge in [0.05, 0.1) is 0 Å². The normalized spacial score (nSPS) is 24.5. The minimum absolute atomic E-state index is 0.662. The van der Waals surface area contributed by atoms with Gasteiger partial charge in [-0.2, -0.15) is 0 Å². The first kappa shape index (κ1) is 8.06. The molecule has 0 N–H and O–H groups in total. The average Bonchev–Trinajstić information content (AvgIpc) is 2.30. The highest BCUT2D eigenvalue weighted by atomic mass is 79.9.